The van der Waals surface area contributed by atoms with Gasteiger partial charge in [-0.1, -0.05) is 224 Å². The number of hydrogen-bond donors (Lipinski definition) is 0. The molecule has 0 amide bonds. The van der Waals surface area contributed by atoms with Crippen LogP contribution in [0.4, 0.5) is 0 Å². The maximum atomic E-state index is 2.48. The van der Waals surface area contributed by atoms with Crippen molar-refractivity contribution in [2.45, 2.75) is 5.92 Å². The highest BCUT2D eigenvalue weighted by atomic mass is 15.0. The van der Waals surface area contributed by atoms with E-state index in [1.807, 2.05) is 0 Å². The van der Waals surface area contributed by atoms with Gasteiger partial charge in [0.25, 0.3) is 0 Å². The van der Waals surface area contributed by atoms with Crippen molar-refractivity contribution in [2.75, 3.05) is 0 Å². The van der Waals surface area contributed by atoms with Crippen LogP contribution < -0.4 is 0 Å². The van der Waals surface area contributed by atoms with Gasteiger partial charge in [-0.15, -0.1) is 0 Å². The van der Waals surface area contributed by atoms with Gasteiger partial charge in [0.15, 0.2) is 0 Å². The van der Waals surface area contributed by atoms with E-state index in [9.17, 15) is 0 Å². The predicted octanol–water partition coefficient (Wildman–Crippen LogP) is 17.6. The van der Waals surface area contributed by atoms with Crippen LogP contribution in [0.25, 0.3) is 104 Å². The van der Waals surface area contributed by atoms with E-state index in [0.717, 1.165) is 5.69 Å². The molecule has 1 nitrogen and oxygen atoms in total. The number of hydrogen-bond acceptors (Lipinski definition) is 0. The zero-order chi connectivity index (χ0) is 43.6. The smallest absolute Gasteiger partial charge is 0.0619 e. The molecule has 0 fully saturated rings. The van der Waals surface area contributed by atoms with Crippen molar-refractivity contribution in [1.29, 1.82) is 0 Å². The molecule has 1 unspecified atom stereocenters. The van der Waals surface area contributed by atoms with Crippen molar-refractivity contribution in [3.8, 4) is 39.1 Å². The van der Waals surface area contributed by atoms with Crippen molar-refractivity contribution in [3.05, 3.63) is 271 Å². The van der Waals surface area contributed by atoms with Crippen molar-refractivity contribution in [1.82, 2.24) is 4.57 Å². The van der Waals surface area contributed by atoms with Crippen molar-refractivity contribution in [2.24, 2.45) is 0 Å². The number of aromatic nitrogens is 1. The van der Waals surface area contributed by atoms with Crippen molar-refractivity contribution < 1.29 is 0 Å². The number of nitrogens with zero attached hydrogens (tertiary/aromatic N) is 1. The first-order chi connectivity index (χ1) is 32.7. The lowest BCUT2D eigenvalue weighted by Crippen LogP contribution is -2.06. The Morgan fingerprint density at radius 2 is 0.803 bits per heavy atom. The monoisotopic (exact) mass is 837 g/mol. The number of fused-ring (bicyclic) bond motifs is 11. The van der Waals surface area contributed by atoms with E-state index in [4.69, 9.17) is 0 Å². The van der Waals surface area contributed by atoms with Crippen LogP contribution in [0, 0.1) is 0 Å². The fourth-order valence-corrected chi connectivity index (χ4v) is 10.9. The molecule has 0 aliphatic heterocycles. The summed E-state index contributed by atoms with van der Waals surface area (Å²) in [6, 6.07) is 94.3. The van der Waals surface area contributed by atoms with Gasteiger partial charge in [-0.25, -0.2) is 0 Å². The van der Waals surface area contributed by atoms with Crippen LogP contribution in [0.2, 0.25) is 0 Å². The standard InChI is InChI=1S/C65H43N/c1-3-17-43(18-4-1)46-22-15-24-49(39-46)64(50-35-36-57-55-29-10-9-27-53(55)54-28-11-12-30-56(54)62(57)42-50)59-37-34-48(41-61(59)44-19-5-2-6-20-44)47-23-16-25-51(40-47)66-63-32-14-13-31-58(63)60-38-33-45-21-7-8-26-52(45)65(60)66/h1-42,64H. The third-order valence-corrected chi connectivity index (χ3v) is 13.9. The Morgan fingerprint density at radius 1 is 0.273 bits per heavy atom. The van der Waals surface area contributed by atoms with Crippen LogP contribution in [-0.4, -0.2) is 4.57 Å². The van der Waals surface area contributed by atoms with Gasteiger partial charge in [-0.05, 0) is 118 Å². The highest BCUT2D eigenvalue weighted by molar-refractivity contribution is 6.25. The van der Waals surface area contributed by atoms with Crippen LogP contribution in [0.1, 0.15) is 22.6 Å². The van der Waals surface area contributed by atoms with Crippen LogP contribution in [0.3, 0.4) is 0 Å². The summed E-state index contributed by atoms with van der Waals surface area (Å²) in [5.74, 6) is -0.0650. The molecule has 0 spiro atoms. The van der Waals surface area contributed by atoms with E-state index < -0.39 is 0 Å². The van der Waals surface area contributed by atoms with Crippen LogP contribution >= 0.6 is 0 Å². The minimum Gasteiger partial charge on any atom is -0.309 e. The third kappa shape index (κ3) is 6.24. The zero-order valence-electron chi connectivity index (χ0n) is 36.3. The summed E-state index contributed by atoms with van der Waals surface area (Å²) >= 11 is 0. The van der Waals surface area contributed by atoms with Gasteiger partial charge in [0, 0.05) is 27.8 Å². The molecule has 66 heavy (non-hydrogen) atoms. The van der Waals surface area contributed by atoms with Gasteiger partial charge in [0.05, 0.1) is 11.0 Å². The summed E-state index contributed by atoms with van der Waals surface area (Å²) in [6.07, 6.45) is 0. The second kappa shape index (κ2) is 15.6. The second-order valence-electron chi connectivity index (χ2n) is 17.6. The van der Waals surface area contributed by atoms with E-state index in [0.29, 0.717) is 0 Å². The second-order valence-corrected chi connectivity index (χ2v) is 17.6. The lowest BCUT2D eigenvalue weighted by molar-refractivity contribution is 0.983. The molecular formula is C65H43N. The van der Waals surface area contributed by atoms with E-state index in [-0.39, 0.29) is 5.92 Å². The van der Waals surface area contributed by atoms with Crippen molar-refractivity contribution in [3.63, 3.8) is 0 Å². The third-order valence-electron chi connectivity index (χ3n) is 13.9. The Balaban J connectivity index is 1.03. The van der Waals surface area contributed by atoms with Gasteiger partial charge >= 0.3 is 0 Å². The molecule has 1 heteroatoms. The Hall–Kier alpha value is -8.52. The summed E-state index contributed by atoms with van der Waals surface area (Å²) in [5, 5.41) is 12.7. The Bertz CT molecular complexity index is 3950. The molecule has 0 saturated heterocycles. The van der Waals surface area contributed by atoms with Gasteiger partial charge in [0.1, 0.15) is 0 Å². The largest absolute Gasteiger partial charge is 0.309 e. The number of para-hydroxylation sites is 1. The Labute approximate surface area is 384 Å². The number of rotatable bonds is 7. The summed E-state index contributed by atoms with van der Waals surface area (Å²) in [5.41, 5.74) is 14.6. The highest BCUT2D eigenvalue weighted by Crippen LogP contribution is 2.44. The van der Waals surface area contributed by atoms with E-state index in [1.54, 1.807) is 0 Å². The van der Waals surface area contributed by atoms with Gasteiger partial charge in [-0.3, -0.25) is 0 Å². The van der Waals surface area contributed by atoms with Gasteiger partial charge < -0.3 is 4.57 Å². The van der Waals surface area contributed by atoms with Crippen LogP contribution in [-0.2, 0) is 0 Å². The molecule has 0 aliphatic rings. The molecule has 12 aromatic carbocycles. The lowest BCUT2D eigenvalue weighted by atomic mass is 9.79. The maximum Gasteiger partial charge on any atom is 0.0619 e. The SMILES string of the molecule is c1ccc(-c2cccc(C(c3ccc4c5ccccc5c5ccccc5c4c3)c3ccc(-c4cccc(-n5c6ccccc6c6ccc7ccccc7c65)c4)cc3-c3ccccc3)c2)cc1. The minimum atomic E-state index is -0.0650. The molecule has 308 valence electrons. The molecule has 0 N–H and O–H groups in total. The minimum absolute atomic E-state index is 0.0650. The molecule has 0 aliphatic carbocycles. The molecule has 1 aromatic heterocycles. The van der Waals surface area contributed by atoms with Gasteiger partial charge in [-0.2, -0.15) is 0 Å². The summed E-state index contributed by atoms with van der Waals surface area (Å²) in [4.78, 5) is 0. The van der Waals surface area contributed by atoms with Crippen molar-refractivity contribution >= 4 is 64.9 Å². The molecule has 1 atom stereocenters. The molecule has 0 saturated carbocycles. The number of benzene rings is 12. The summed E-state index contributed by atoms with van der Waals surface area (Å²) < 4.78 is 2.46. The van der Waals surface area contributed by atoms with E-state index >= 15 is 0 Å². The first-order valence-electron chi connectivity index (χ1n) is 22.9. The molecule has 1 heterocycles. The molecular weight excluding hydrogens is 795 g/mol. The summed E-state index contributed by atoms with van der Waals surface area (Å²) in [7, 11) is 0. The first-order valence-corrected chi connectivity index (χ1v) is 22.9. The normalized spacial score (nSPS) is 12.2. The van der Waals surface area contributed by atoms with Crippen LogP contribution in [0.5, 0.6) is 0 Å². The Kier molecular flexibility index (Phi) is 8.99. The van der Waals surface area contributed by atoms with E-state index in [1.165, 1.54) is 115 Å². The Morgan fingerprint density at radius 3 is 1.55 bits per heavy atom. The molecule has 13 rings (SSSR count). The highest BCUT2D eigenvalue weighted by Gasteiger charge is 2.24. The fraction of sp³-hybridized carbons (Fsp3) is 0.0154. The topological polar surface area (TPSA) is 4.93 Å². The van der Waals surface area contributed by atoms with Crippen LogP contribution in [0.15, 0.2) is 255 Å². The zero-order valence-corrected chi connectivity index (χ0v) is 36.3. The maximum absolute atomic E-state index is 2.48. The fourth-order valence-electron chi connectivity index (χ4n) is 10.9. The quantitative estimate of drug-likeness (QED) is 0.111. The molecule has 0 radical (unpaired) electrons. The molecule has 0 bridgehead atoms. The lowest BCUT2D eigenvalue weighted by Gasteiger charge is -2.25. The molecule has 13 aromatic rings. The first kappa shape index (κ1) is 38.0. The predicted molar refractivity (Wildman–Crippen MR) is 281 cm³/mol. The average molecular weight is 838 g/mol. The summed E-state index contributed by atoms with van der Waals surface area (Å²) in [6.45, 7) is 0. The van der Waals surface area contributed by atoms with Gasteiger partial charge in [0.2, 0.25) is 0 Å². The average Bonchev–Trinajstić information content (AvgIpc) is 3.74. The van der Waals surface area contributed by atoms with E-state index in [2.05, 4.69) is 259 Å².